The number of ether oxygens (including phenoxy) is 5. The van der Waals surface area contributed by atoms with Gasteiger partial charge in [-0.15, -0.1) is 0 Å². The van der Waals surface area contributed by atoms with Crippen molar-refractivity contribution in [2.45, 2.75) is 162 Å². The number of sulfone groups is 2. The Labute approximate surface area is 593 Å². The summed E-state index contributed by atoms with van der Waals surface area (Å²) in [5.74, 6) is -32.2. The lowest BCUT2D eigenvalue weighted by Gasteiger charge is -2.60. The second-order valence-electron chi connectivity index (χ2n) is 24.9. The summed E-state index contributed by atoms with van der Waals surface area (Å²) >= 11 is 0. The highest BCUT2D eigenvalue weighted by atomic mass is 32.3. The van der Waals surface area contributed by atoms with Gasteiger partial charge in [0.25, 0.3) is 15.9 Å². The fourth-order valence-corrected chi connectivity index (χ4v) is 17.1. The average molecular weight is 1610 g/mol. The van der Waals surface area contributed by atoms with Crippen molar-refractivity contribution < 1.29 is 156 Å². The zero-order valence-corrected chi connectivity index (χ0v) is 60.3. The number of carbonyl (C=O) groups excluding carboxylic acids is 5. The molecule has 0 amide bonds. The number of hydrogen-bond donors (Lipinski definition) is 1. The van der Waals surface area contributed by atoms with E-state index in [0.29, 0.717) is 46.0 Å². The van der Waals surface area contributed by atoms with E-state index in [0.717, 1.165) is 51.2 Å². The van der Waals surface area contributed by atoms with Crippen LogP contribution in [0.4, 0.5) is 74.6 Å². The molecule has 0 spiro atoms. The standard InChI is InChI=1S/C20H26F4O4.C11H8F4O2.C9H12F4O2.C9H8F3NO4S2.C9H8O4S2.C7H10F2O2/c1-12(2)16(26)28-19-7-13-4-14(8-19)6-18(5-13,10-19)11-27-15(25)9-20(23,24)17(3,21)22;1-4(2)11(16)17-10-8(14)6(12)5(3)7(13)9(10)15;1-6(2)7(14)15-5-4-9(12,13)8(3,10)11;1-2-7-3-5-8(6-4-7)18(14,15)13-19(16,17)9(10,11)12;1-2-7-3-4-8-9(5-7)15(12,13)6-14(8,10)11;1-5(2)6(10)11-4-7(3,8)9/h13-14H,1,4-11H2,2-3H3;1H2,2-3H3;1,4-5H2,2-3H3;2-6,13H,1H2;2-5H,1,6H2;1,4H2,2-3H3. The van der Waals surface area contributed by atoms with Crippen LogP contribution < -0.4 is 8.86 Å². The van der Waals surface area contributed by atoms with Crippen molar-refractivity contribution in [1.82, 2.24) is 4.13 Å². The topological polar surface area (TPSA) is 280 Å². The van der Waals surface area contributed by atoms with Crippen molar-refractivity contribution in [3.8, 4) is 5.75 Å². The summed E-state index contributed by atoms with van der Waals surface area (Å²) in [4.78, 5) is 55.4. The molecule has 105 heavy (non-hydrogen) atoms. The molecule has 1 heterocycles. The first-order chi connectivity index (χ1) is 47.3. The van der Waals surface area contributed by atoms with Gasteiger partial charge in [0.2, 0.25) is 17.4 Å². The van der Waals surface area contributed by atoms with Crippen molar-refractivity contribution >= 4 is 81.7 Å². The molecule has 4 bridgehead atoms. The van der Waals surface area contributed by atoms with E-state index >= 15 is 0 Å². The molecule has 0 aromatic heterocycles. The maximum absolute atomic E-state index is 13.4. The third-order valence-corrected chi connectivity index (χ3v) is 22.8. The van der Waals surface area contributed by atoms with Crippen LogP contribution in [0.5, 0.6) is 5.75 Å². The van der Waals surface area contributed by atoms with Crippen molar-refractivity contribution in [2.24, 2.45) is 17.3 Å². The molecule has 2 unspecified atom stereocenters. The van der Waals surface area contributed by atoms with Gasteiger partial charge in [0, 0.05) is 54.0 Å². The molecule has 3 aromatic rings. The summed E-state index contributed by atoms with van der Waals surface area (Å²) in [5, 5.41) is -0.823. The second-order valence-corrected chi connectivity index (χ2v) is 32.8. The number of benzene rings is 3. The van der Waals surface area contributed by atoms with E-state index in [9.17, 15) is 132 Å². The van der Waals surface area contributed by atoms with Crippen LogP contribution in [0.3, 0.4) is 0 Å². The van der Waals surface area contributed by atoms with Gasteiger partial charge in [0.1, 0.15) is 12.0 Å². The number of sulfonamides is 2. The summed E-state index contributed by atoms with van der Waals surface area (Å²) in [6.45, 7) is 25.6. The van der Waals surface area contributed by atoms with E-state index in [1.807, 2.05) is 0 Å². The van der Waals surface area contributed by atoms with Crippen molar-refractivity contribution in [3.05, 3.63) is 144 Å². The van der Waals surface area contributed by atoms with Crippen LogP contribution >= 0.6 is 0 Å². The molecule has 5 aliphatic rings. The Morgan fingerprint density at radius 3 is 1.45 bits per heavy atom. The van der Waals surface area contributed by atoms with Gasteiger partial charge in [-0.3, -0.25) is 4.79 Å². The molecular formula is C65H72F17NO18S4. The molecule has 8 rings (SSSR count). The Morgan fingerprint density at radius 2 is 1.03 bits per heavy atom. The van der Waals surface area contributed by atoms with E-state index in [1.54, 1.807) is 6.92 Å². The zero-order valence-electron chi connectivity index (χ0n) is 57.0. The molecular weight excluding hydrogens is 1530 g/mol. The molecule has 588 valence electrons. The minimum atomic E-state index is -5.98. The van der Waals surface area contributed by atoms with Gasteiger partial charge in [-0.05, 0) is 120 Å². The number of hydrogen-bond acceptors (Lipinski definition) is 18. The van der Waals surface area contributed by atoms with Crippen LogP contribution in [0.2, 0.25) is 0 Å². The number of nitrogens with one attached hydrogen (secondary N) is 1. The summed E-state index contributed by atoms with van der Waals surface area (Å²) in [6, 6.07) is 8.64. The first-order valence-electron chi connectivity index (χ1n) is 29.9. The summed E-state index contributed by atoms with van der Waals surface area (Å²) in [5.41, 5.74) is -6.23. The number of alkyl halides is 13. The lowest BCUT2D eigenvalue weighted by Crippen LogP contribution is -2.58. The highest BCUT2D eigenvalue weighted by Crippen LogP contribution is 2.63. The third kappa shape index (κ3) is 26.5. The van der Waals surface area contributed by atoms with Gasteiger partial charge in [0.15, 0.2) is 43.0 Å². The molecule has 4 fully saturated rings. The molecule has 1 aliphatic heterocycles. The molecule has 4 saturated carbocycles. The Morgan fingerprint density at radius 1 is 0.590 bits per heavy atom. The van der Waals surface area contributed by atoms with Crippen LogP contribution in [-0.2, 0) is 82.6 Å². The predicted octanol–water partition coefficient (Wildman–Crippen LogP) is 14.6. The van der Waals surface area contributed by atoms with Crippen LogP contribution in [0.25, 0.3) is 12.2 Å². The third-order valence-electron chi connectivity index (χ3n) is 14.9. The molecule has 0 radical (unpaired) electrons. The fourth-order valence-electron chi connectivity index (χ4n) is 9.98. The Hall–Kier alpha value is -7.98. The molecule has 2 atom stereocenters. The number of fused-ring (bicyclic) bond motifs is 1. The zero-order chi connectivity index (χ0) is 81.8. The monoisotopic (exact) mass is 1610 g/mol. The van der Waals surface area contributed by atoms with E-state index < -0.39 is 186 Å². The van der Waals surface area contributed by atoms with Crippen molar-refractivity contribution in [1.29, 1.82) is 0 Å². The minimum absolute atomic E-state index is 0.0292. The van der Waals surface area contributed by atoms with Crippen LogP contribution in [0, 0.1) is 47.4 Å². The quantitative estimate of drug-likeness (QED) is 0.0244. The lowest BCUT2D eigenvalue weighted by molar-refractivity contribution is -0.218. The van der Waals surface area contributed by atoms with Crippen LogP contribution in [-0.4, -0.2) is 129 Å². The number of esters is 5. The van der Waals surface area contributed by atoms with Gasteiger partial charge in [-0.25, -0.2) is 88.0 Å². The van der Waals surface area contributed by atoms with E-state index in [-0.39, 0.29) is 47.0 Å². The maximum atomic E-state index is 13.4. The fraction of sp³-hybridized carbons (Fsp3) is 0.462. The molecule has 3 aromatic carbocycles. The Balaban J connectivity index is 0.000000439. The number of rotatable bonds is 22. The highest BCUT2D eigenvalue weighted by molar-refractivity contribution is 8.10. The summed E-state index contributed by atoms with van der Waals surface area (Å²) in [7, 11) is -18.1. The van der Waals surface area contributed by atoms with E-state index in [1.165, 1.54) is 63.3 Å². The Kier molecular flexibility index (Phi) is 31.2. The lowest BCUT2D eigenvalue weighted by atomic mass is 9.48. The van der Waals surface area contributed by atoms with E-state index in [2.05, 4.69) is 53.7 Å². The molecule has 40 heteroatoms. The summed E-state index contributed by atoms with van der Waals surface area (Å²) in [6.07, 6.45) is 4.45. The van der Waals surface area contributed by atoms with Crippen LogP contribution in [0.1, 0.15) is 117 Å². The SMILES string of the molecule is C=C(C)C(=O)OC12CC3CC(CC(COC(=O)CC(F)(F)C(C)(F)F)(C3)C1)C2.C=C(C)C(=O)OCC(C)(F)F.C=C(C)C(=O)OCCC(F)(F)C(C)(F)F.C=C(C)C(=O)Oc1c(F)c(F)c(C)c(F)c1F.C=Cc1ccc(S(=O)(=O)NS(=O)(=O)C(F)(F)F)cc1.C=Cc1ccc2c(c1)S(=O)(=O)CS2(=O)=O. The van der Waals surface area contributed by atoms with Gasteiger partial charge >= 0.3 is 69.1 Å². The maximum Gasteiger partial charge on any atom is 0.512 e. The normalized spacial score (nSPS) is 19.1. The van der Waals surface area contributed by atoms with Crippen LogP contribution in [0.15, 0.2) is 119 Å². The largest absolute Gasteiger partial charge is 0.512 e. The average Bonchev–Trinajstić information content (AvgIpc) is 1.64. The van der Waals surface area contributed by atoms with Gasteiger partial charge in [0.05, 0.1) is 34.3 Å². The molecule has 4 aliphatic carbocycles. The smallest absolute Gasteiger partial charge is 0.465 e. The number of carbonyl (C=O) groups is 5. The molecule has 1 N–H and O–H groups in total. The first-order valence-corrected chi connectivity index (χ1v) is 36.1. The summed E-state index contributed by atoms with van der Waals surface area (Å²) < 4.78 is 330. The van der Waals surface area contributed by atoms with Crippen molar-refractivity contribution in [3.63, 3.8) is 0 Å². The highest BCUT2D eigenvalue weighted by Gasteiger charge is 2.61. The van der Waals surface area contributed by atoms with Gasteiger partial charge in [-0.2, -0.15) is 39.5 Å². The van der Waals surface area contributed by atoms with Gasteiger partial charge < -0.3 is 23.7 Å². The molecule has 19 nitrogen and oxygen atoms in total. The van der Waals surface area contributed by atoms with E-state index in [4.69, 9.17) is 9.47 Å². The number of halogens is 17. The van der Waals surface area contributed by atoms with Crippen molar-refractivity contribution in [2.75, 3.05) is 24.9 Å². The molecule has 0 saturated heterocycles. The van der Waals surface area contributed by atoms with Gasteiger partial charge in [-0.1, -0.05) is 74.0 Å². The second kappa shape index (κ2) is 35.2. The Bertz CT molecular complexity index is 4250. The first kappa shape index (κ1) is 93.1. The minimum Gasteiger partial charge on any atom is -0.465 e. The predicted molar refractivity (Wildman–Crippen MR) is 343 cm³/mol.